The van der Waals surface area contributed by atoms with Crippen molar-refractivity contribution in [2.45, 2.75) is 38.3 Å². The van der Waals surface area contributed by atoms with Crippen LogP contribution in [-0.2, 0) is 11.3 Å². The summed E-state index contributed by atoms with van der Waals surface area (Å²) in [6, 6.07) is 7.38. The predicted molar refractivity (Wildman–Crippen MR) is 81.8 cm³/mol. The number of amides is 2. The second-order valence-electron chi connectivity index (χ2n) is 5.43. The first-order chi connectivity index (χ1) is 10.6. The normalized spacial score (nSPS) is 14.6. The molecule has 0 aliphatic heterocycles. The van der Waals surface area contributed by atoms with Crippen LogP contribution in [0, 0.1) is 0 Å². The van der Waals surface area contributed by atoms with E-state index in [2.05, 4.69) is 5.32 Å². The standard InChI is InChI=1S/C16H22N2O4/c1-22-14-9-5-2-6-12(14)11-18(13-7-3-4-8-13)16(21)17-10-15(19)20/h2,5-6,9,13H,3-4,7-8,10-11H2,1H3,(H,17,21)(H,19,20). The van der Waals surface area contributed by atoms with Gasteiger partial charge in [0.2, 0.25) is 0 Å². The van der Waals surface area contributed by atoms with Gasteiger partial charge in [0.25, 0.3) is 0 Å². The molecule has 120 valence electrons. The van der Waals surface area contributed by atoms with Gasteiger partial charge in [-0.1, -0.05) is 31.0 Å². The van der Waals surface area contributed by atoms with Crippen LogP contribution in [0.25, 0.3) is 0 Å². The molecular formula is C16H22N2O4. The van der Waals surface area contributed by atoms with Gasteiger partial charge in [0.1, 0.15) is 12.3 Å². The number of nitrogens with one attached hydrogen (secondary N) is 1. The number of aliphatic carboxylic acids is 1. The number of carboxylic acid groups (broad SMARTS) is 1. The zero-order chi connectivity index (χ0) is 15.9. The Morgan fingerprint density at radius 1 is 1.32 bits per heavy atom. The lowest BCUT2D eigenvalue weighted by atomic mass is 10.1. The van der Waals surface area contributed by atoms with E-state index in [9.17, 15) is 9.59 Å². The molecule has 1 aliphatic carbocycles. The van der Waals surface area contributed by atoms with Gasteiger partial charge in [-0.25, -0.2) is 4.79 Å². The molecular weight excluding hydrogens is 284 g/mol. The molecule has 0 aromatic heterocycles. The monoisotopic (exact) mass is 306 g/mol. The van der Waals surface area contributed by atoms with E-state index in [1.54, 1.807) is 12.0 Å². The highest BCUT2D eigenvalue weighted by Gasteiger charge is 2.27. The van der Waals surface area contributed by atoms with Gasteiger partial charge < -0.3 is 20.1 Å². The summed E-state index contributed by atoms with van der Waals surface area (Å²) in [5, 5.41) is 11.2. The fraction of sp³-hybridized carbons (Fsp3) is 0.500. The van der Waals surface area contributed by atoms with Gasteiger partial charge in [-0.3, -0.25) is 4.79 Å². The molecule has 2 amide bonds. The van der Waals surface area contributed by atoms with Gasteiger partial charge in [-0.15, -0.1) is 0 Å². The van der Waals surface area contributed by atoms with E-state index in [-0.39, 0.29) is 18.6 Å². The van der Waals surface area contributed by atoms with Crippen LogP contribution in [-0.4, -0.2) is 41.7 Å². The van der Waals surface area contributed by atoms with E-state index >= 15 is 0 Å². The number of para-hydroxylation sites is 1. The third-order valence-electron chi connectivity index (χ3n) is 3.95. The van der Waals surface area contributed by atoms with Gasteiger partial charge in [-0.2, -0.15) is 0 Å². The fourth-order valence-corrected chi connectivity index (χ4v) is 2.85. The molecule has 0 radical (unpaired) electrons. The maximum Gasteiger partial charge on any atom is 0.323 e. The highest BCUT2D eigenvalue weighted by Crippen LogP contribution is 2.27. The van der Waals surface area contributed by atoms with E-state index in [0.29, 0.717) is 6.54 Å². The molecule has 0 bridgehead atoms. The molecule has 6 heteroatoms. The van der Waals surface area contributed by atoms with Crippen molar-refractivity contribution >= 4 is 12.0 Å². The molecule has 2 N–H and O–H groups in total. The van der Waals surface area contributed by atoms with E-state index in [4.69, 9.17) is 9.84 Å². The zero-order valence-electron chi connectivity index (χ0n) is 12.7. The number of carbonyl (C=O) groups excluding carboxylic acids is 1. The number of urea groups is 1. The van der Waals surface area contributed by atoms with Crippen LogP contribution in [0.5, 0.6) is 5.75 Å². The van der Waals surface area contributed by atoms with Crippen LogP contribution in [0.15, 0.2) is 24.3 Å². The number of carbonyl (C=O) groups is 2. The minimum absolute atomic E-state index is 0.152. The Kier molecular flexibility index (Phi) is 5.63. The van der Waals surface area contributed by atoms with Crippen LogP contribution in [0.4, 0.5) is 4.79 Å². The average molecular weight is 306 g/mol. The molecule has 0 spiro atoms. The van der Waals surface area contributed by atoms with Crippen molar-refractivity contribution in [2.24, 2.45) is 0 Å². The third kappa shape index (κ3) is 4.13. The Bertz CT molecular complexity index is 527. The Hall–Kier alpha value is -2.24. The molecule has 6 nitrogen and oxygen atoms in total. The van der Waals surface area contributed by atoms with Crippen molar-refractivity contribution in [3.63, 3.8) is 0 Å². The molecule has 1 saturated carbocycles. The largest absolute Gasteiger partial charge is 0.496 e. The summed E-state index contributed by atoms with van der Waals surface area (Å²) in [7, 11) is 1.60. The van der Waals surface area contributed by atoms with Gasteiger partial charge in [0.15, 0.2) is 0 Å². The molecule has 1 aromatic carbocycles. The summed E-state index contributed by atoms with van der Waals surface area (Å²) in [6.07, 6.45) is 4.10. The molecule has 1 fully saturated rings. The Morgan fingerprint density at radius 2 is 2.00 bits per heavy atom. The molecule has 0 saturated heterocycles. The van der Waals surface area contributed by atoms with Crippen LogP contribution >= 0.6 is 0 Å². The summed E-state index contributed by atoms with van der Waals surface area (Å²) in [4.78, 5) is 24.7. The Labute approximate surface area is 130 Å². The minimum atomic E-state index is -1.04. The smallest absolute Gasteiger partial charge is 0.323 e. The van der Waals surface area contributed by atoms with Crippen LogP contribution in [0.1, 0.15) is 31.2 Å². The first-order valence-corrected chi connectivity index (χ1v) is 7.50. The number of rotatable bonds is 6. The maximum absolute atomic E-state index is 12.3. The van der Waals surface area contributed by atoms with Crippen molar-refractivity contribution < 1.29 is 19.4 Å². The average Bonchev–Trinajstić information content (AvgIpc) is 3.04. The number of hydrogen-bond acceptors (Lipinski definition) is 3. The molecule has 0 heterocycles. The molecule has 0 unspecified atom stereocenters. The zero-order valence-corrected chi connectivity index (χ0v) is 12.7. The lowest BCUT2D eigenvalue weighted by molar-refractivity contribution is -0.135. The number of benzene rings is 1. The quantitative estimate of drug-likeness (QED) is 0.845. The number of carboxylic acids is 1. The second kappa shape index (κ2) is 7.68. The minimum Gasteiger partial charge on any atom is -0.496 e. The SMILES string of the molecule is COc1ccccc1CN(C(=O)NCC(=O)O)C1CCCC1. The summed E-state index contributed by atoms with van der Waals surface area (Å²) in [5.41, 5.74) is 0.919. The van der Waals surface area contributed by atoms with E-state index < -0.39 is 5.97 Å². The van der Waals surface area contributed by atoms with Gasteiger partial charge in [-0.05, 0) is 18.9 Å². The van der Waals surface area contributed by atoms with Crippen molar-refractivity contribution in [2.75, 3.05) is 13.7 Å². The van der Waals surface area contributed by atoms with E-state index in [1.165, 1.54) is 0 Å². The summed E-state index contributed by atoms with van der Waals surface area (Å²) < 4.78 is 5.33. The van der Waals surface area contributed by atoms with Gasteiger partial charge >= 0.3 is 12.0 Å². The lowest BCUT2D eigenvalue weighted by Crippen LogP contribution is -2.46. The molecule has 2 rings (SSSR count). The number of hydrogen-bond donors (Lipinski definition) is 2. The predicted octanol–water partition coefficient (Wildman–Crippen LogP) is 2.23. The molecule has 0 atom stereocenters. The van der Waals surface area contributed by atoms with Gasteiger partial charge in [0.05, 0.1) is 13.7 Å². The highest BCUT2D eigenvalue weighted by molar-refractivity contribution is 5.80. The fourth-order valence-electron chi connectivity index (χ4n) is 2.85. The van der Waals surface area contributed by atoms with E-state index in [1.807, 2.05) is 24.3 Å². The summed E-state index contributed by atoms with van der Waals surface area (Å²) >= 11 is 0. The highest BCUT2D eigenvalue weighted by atomic mass is 16.5. The van der Waals surface area contributed by atoms with E-state index in [0.717, 1.165) is 37.0 Å². The number of methoxy groups -OCH3 is 1. The summed E-state index contributed by atoms with van der Waals surface area (Å²) in [6.45, 7) is 0.0497. The van der Waals surface area contributed by atoms with Crippen LogP contribution in [0.2, 0.25) is 0 Å². The summed E-state index contributed by atoms with van der Waals surface area (Å²) in [5.74, 6) is -0.312. The Morgan fingerprint density at radius 3 is 2.64 bits per heavy atom. The lowest BCUT2D eigenvalue weighted by Gasteiger charge is -2.29. The topological polar surface area (TPSA) is 78.9 Å². The number of ether oxygens (including phenoxy) is 1. The Balaban J connectivity index is 2.13. The molecule has 1 aliphatic rings. The molecule has 22 heavy (non-hydrogen) atoms. The first-order valence-electron chi connectivity index (χ1n) is 7.50. The number of nitrogens with zero attached hydrogens (tertiary/aromatic N) is 1. The molecule has 1 aromatic rings. The van der Waals surface area contributed by atoms with Crippen molar-refractivity contribution in [1.29, 1.82) is 0 Å². The van der Waals surface area contributed by atoms with Crippen LogP contribution < -0.4 is 10.1 Å². The van der Waals surface area contributed by atoms with Crippen molar-refractivity contribution in [3.05, 3.63) is 29.8 Å². The van der Waals surface area contributed by atoms with Crippen molar-refractivity contribution in [1.82, 2.24) is 10.2 Å². The van der Waals surface area contributed by atoms with Crippen molar-refractivity contribution in [3.8, 4) is 5.75 Å². The van der Waals surface area contributed by atoms with Gasteiger partial charge in [0, 0.05) is 11.6 Å². The third-order valence-corrected chi connectivity index (χ3v) is 3.95. The first kappa shape index (κ1) is 16.1. The second-order valence-corrected chi connectivity index (χ2v) is 5.43. The maximum atomic E-state index is 12.3. The van der Waals surface area contributed by atoms with Crippen LogP contribution in [0.3, 0.4) is 0 Å².